The summed E-state index contributed by atoms with van der Waals surface area (Å²) >= 11 is 5.04. The lowest BCUT2D eigenvalue weighted by atomic mass is 9.77. The summed E-state index contributed by atoms with van der Waals surface area (Å²) in [5.74, 6) is -0.191. The van der Waals surface area contributed by atoms with E-state index in [9.17, 15) is 9.59 Å². The van der Waals surface area contributed by atoms with Gasteiger partial charge in [-0.15, -0.1) is 11.3 Å². The second kappa shape index (κ2) is 6.56. The van der Waals surface area contributed by atoms with E-state index in [0.717, 1.165) is 24.8 Å². The second-order valence-electron chi connectivity index (χ2n) is 7.08. The number of carbonyl (C=O) groups excluding carboxylic acids is 2. The Balaban J connectivity index is 1.64. The molecule has 0 spiro atoms. The zero-order valence-electron chi connectivity index (χ0n) is 14.4. The number of carbonyl (C=O) groups is 2. The molecule has 4 unspecified atom stereocenters. The molecule has 1 aromatic heterocycles. The third-order valence-electron chi connectivity index (χ3n) is 5.52. The third kappa shape index (κ3) is 2.67. The molecule has 2 aromatic rings. The number of ether oxygens (including phenoxy) is 1. The lowest BCUT2D eigenvalue weighted by Gasteiger charge is -2.37. The molecule has 1 aromatic carbocycles. The van der Waals surface area contributed by atoms with Crippen molar-refractivity contribution >= 4 is 44.1 Å². The molecule has 27 heavy (non-hydrogen) atoms. The number of fused-ring (bicyclic) bond motifs is 1. The van der Waals surface area contributed by atoms with E-state index in [4.69, 9.17) is 4.74 Å². The molecule has 1 aliphatic carbocycles. The lowest BCUT2D eigenvalue weighted by Crippen LogP contribution is -2.41. The quantitative estimate of drug-likeness (QED) is 0.656. The third-order valence-corrected chi connectivity index (χ3v) is 7.13. The molecule has 7 heteroatoms. The highest BCUT2D eigenvalue weighted by Crippen LogP contribution is 2.49. The number of thiazole rings is 1. The van der Waals surface area contributed by atoms with Gasteiger partial charge in [0.2, 0.25) is 0 Å². The van der Waals surface area contributed by atoms with Crippen LogP contribution in [0.15, 0.2) is 53.2 Å². The van der Waals surface area contributed by atoms with Crippen molar-refractivity contribution in [2.24, 2.45) is 5.92 Å². The van der Waals surface area contributed by atoms with Crippen LogP contribution in [-0.4, -0.2) is 27.6 Å². The molecule has 1 saturated carbocycles. The number of anilines is 1. The van der Waals surface area contributed by atoms with Crippen molar-refractivity contribution < 1.29 is 14.3 Å². The Labute approximate surface area is 169 Å². The van der Waals surface area contributed by atoms with Crippen molar-refractivity contribution in [3.05, 3.63) is 58.8 Å². The minimum Gasteiger partial charge on any atom is -0.483 e. The Hall–Kier alpha value is -1.99. The molecule has 0 saturated heterocycles. The van der Waals surface area contributed by atoms with E-state index in [0.29, 0.717) is 15.5 Å². The maximum atomic E-state index is 13.5. The standard InChI is InChI=1S/C20H17BrN2O3S/c21-12-6-7-14-13(10-12)17(24)15-16(11-4-2-1-3-5-11)23(19(25)18(15)26-14)20-22-8-9-27-20/h1-5,8-9,12-14,16H,6-7,10H2. The zero-order valence-corrected chi connectivity index (χ0v) is 16.8. The summed E-state index contributed by atoms with van der Waals surface area (Å²) in [5.41, 5.74) is 1.39. The van der Waals surface area contributed by atoms with Crippen LogP contribution in [0.5, 0.6) is 0 Å². The lowest BCUT2D eigenvalue weighted by molar-refractivity contribution is -0.131. The monoisotopic (exact) mass is 444 g/mol. The number of hydrogen-bond acceptors (Lipinski definition) is 5. The molecule has 1 amide bonds. The molecule has 3 aliphatic rings. The number of alkyl halides is 1. The smallest absolute Gasteiger partial charge is 0.296 e. The van der Waals surface area contributed by atoms with Crippen molar-refractivity contribution in [2.45, 2.75) is 36.2 Å². The molecule has 3 heterocycles. The van der Waals surface area contributed by atoms with Gasteiger partial charge < -0.3 is 4.74 Å². The summed E-state index contributed by atoms with van der Waals surface area (Å²) in [6.07, 6.45) is 3.94. The number of halogens is 1. The van der Waals surface area contributed by atoms with Gasteiger partial charge in [-0.2, -0.15) is 0 Å². The van der Waals surface area contributed by atoms with E-state index < -0.39 is 6.04 Å². The van der Waals surface area contributed by atoms with Gasteiger partial charge in [0.25, 0.3) is 5.91 Å². The Kier molecular flexibility index (Phi) is 4.16. The Morgan fingerprint density at radius 1 is 1.19 bits per heavy atom. The number of Topliss-reactive ketones (excluding diaryl/α,β-unsaturated/α-hetero) is 1. The van der Waals surface area contributed by atoms with Gasteiger partial charge in [-0.05, 0) is 24.8 Å². The first-order chi connectivity index (χ1) is 13.1. The normalized spacial score (nSPS) is 30.2. The van der Waals surface area contributed by atoms with Crippen LogP contribution in [0.1, 0.15) is 30.9 Å². The summed E-state index contributed by atoms with van der Waals surface area (Å²) in [6, 6.07) is 9.18. The molecule has 0 radical (unpaired) electrons. The van der Waals surface area contributed by atoms with Crippen molar-refractivity contribution in [3.8, 4) is 0 Å². The predicted molar refractivity (Wildman–Crippen MR) is 106 cm³/mol. The molecule has 5 rings (SSSR count). The van der Waals surface area contributed by atoms with E-state index in [-0.39, 0.29) is 29.5 Å². The first-order valence-electron chi connectivity index (χ1n) is 9.02. The molecule has 5 nitrogen and oxygen atoms in total. The number of benzene rings is 1. The number of rotatable bonds is 2. The Morgan fingerprint density at radius 2 is 2.00 bits per heavy atom. The fourth-order valence-electron chi connectivity index (χ4n) is 4.30. The summed E-state index contributed by atoms with van der Waals surface area (Å²) in [6.45, 7) is 0. The molecule has 0 bridgehead atoms. The average Bonchev–Trinajstić information content (AvgIpc) is 3.30. The van der Waals surface area contributed by atoms with Crippen LogP contribution in [0.25, 0.3) is 0 Å². The second-order valence-corrected chi connectivity index (χ2v) is 9.25. The highest BCUT2D eigenvalue weighted by Gasteiger charge is 2.53. The fourth-order valence-corrected chi connectivity index (χ4v) is 5.63. The van der Waals surface area contributed by atoms with Crippen LogP contribution in [0.2, 0.25) is 0 Å². The molecule has 1 fully saturated rings. The van der Waals surface area contributed by atoms with Gasteiger partial charge in [-0.25, -0.2) is 4.98 Å². The number of ketones is 1. The maximum Gasteiger partial charge on any atom is 0.296 e. The predicted octanol–water partition coefficient (Wildman–Crippen LogP) is 4.02. The van der Waals surface area contributed by atoms with Gasteiger partial charge in [0.15, 0.2) is 16.7 Å². The topological polar surface area (TPSA) is 59.5 Å². The number of hydrogen-bond donors (Lipinski definition) is 0. The molecular weight excluding hydrogens is 428 g/mol. The van der Waals surface area contributed by atoms with E-state index in [1.807, 2.05) is 35.7 Å². The first kappa shape index (κ1) is 17.1. The molecule has 138 valence electrons. The zero-order chi connectivity index (χ0) is 18.5. The first-order valence-corrected chi connectivity index (χ1v) is 10.8. The van der Waals surface area contributed by atoms with Gasteiger partial charge in [0.1, 0.15) is 6.10 Å². The SMILES string of the molecule is O=C1C2=C(OC3CCC(Br)CC13)C(=O)N(c1nccs1)C2c1ccccc1. The van der Waals surface area contributed by atoms with E-state index >= 15 is 0 Å². The summed E-state index contributed by atoms with van der Waals surface area (Å²) in [7, 11) is 0. The van der Waals surface area contributed by atoms with Gasteiger partial charge >= 0.3 is 0 Å². The van der Waals surface area contributed by atoms with Crippen LogP contribution in [0.3, 0.4) is 0 Å². The van der Waals surface area contributed by atoms with Crippen LogP contribution in [-0.2, 0) is 14.3 Å². The van der Waals surface area contributed by atoms with Crippen LogP contribution in [0.4, 0.5) is 5.13 Å². The van der Waals surface area contributed by atoms with Crippen molar-refractivity contribution in [1.82, 2.24) is 4.98 Å². The van der Waals surface area contributed by atoms with Crippen LogP contribution in [0, 0.1) is 5.92 Å². The summed E-state index contributed by atoms with van der Waals surface area (Å²) in [5, 5.41) is 2.42. The minimum atomic E-state index is -0.482. The Morgan fingerprint density at radius 3 is 2.74 bits per heavy atom. The highest BCUT2D eigenvalue weighted by molar-refractivity contribution is 9.09. The van der Waals surface area contributed by atoms with Crippen LogP contribution >= 0.6 is 27.3 Å². The maximum absolute atomic E-state index is 13.5. The Bertz CT molecular complexity index is 928. The van der Waals surface area contributed by atoms with Crippen molar-refractivity contribution in [2.75, 3.05) is 4.90 Å². The fraction of sp³-hybridized carbons (Fsp3) is 0.350. The minimum absolute atomic E-state index is 0.0478. The van der Waals surface area contributed by atoms with Gasteiger partial charge in [0, 0.05) is 16.4 Å². The highest BCUT2D eigenvalue weighted by atomic mass is 79.9. The van der Waals surface area contributed by atoms with Gasteiger partial charge in [0.05, 0.1) is 17.5 Å². The molecular formula is C20H17BrN2O3S. The summed E-state index contributed by atoms with van der Waals surface area (Å²) in [4.78, 5) is 33.0. The van der Waals surface area contributed by atoms with E-state index in [1.165, 1.54) is 11.3 Å². The number of nitrogens with zero attached hydrogens (tertiary/aromatic N) is 2. The molecule has 2 aliphatic heterocycles. The van der Waals surface area contributed by atoms with Gasteiger partial charge in [-0.1, -0.05) is 46.3 Å². The van der Waals surface area contributed by atoms with E-state index in [2.05, 4.69) is 20.9 Å². The van der Waals surface area contributed by atoms with Crippen molar-refractivity contribution in [1.29, 1.82) is 0 Å². The molecule has 0 N–H and O–H groups in total. The largest absolute Gasteiger partial charge is 0.483 e. The average molecular weight is 445 g/mol. The summed E-state index contributed by atoms with van der Waals surface area (Å²) < 4.78 is 6.15. The molecule has 4 atom stereocenters. The van der Waals surface area contributed by atoms with Crippen LogP contribution < -0.4 is 4.90 Å². The number of aromatic nitrogens is 1. The number of amides is 1. The van der Waals surface area contributed by atoms with Gasteiger partial charge in [-0.3, -0.25) is 14.5 Å². The van der Waals surface area contributed by atoms with E-state index in [1.54, 1.807) is 11.1 Å². The van der Waals surface area contributed by atoms with Crippen molar-refractivity contribution in [3.63, 3.8) is 0 Å².